The Kier molecular flexibility index (Phi) is 3.82. The van der Waals surface area contributed by atoms with Gasteiger partial charge in [-0.2, -0.15) is 0 Å². The van der Waals surface area contributed by atoms with Gasteiger partial charge in [-0.3, -0.25) is 9.59 Å². The van der Waals surface area contributed by atoms with E-state index in [4.69, 9.17) is 5.73 Å². The van der Waals surface area contributed by atoms with Gasteiger partial charge in [0.05, 0.1) is 21.1 Å². The molecule has 1 aliphatic rings. The molecule has 0 radical (unpaired) electrons. The molecule has 0 spiro atoms. The van der Waals surface area contributed by atoms with Crippen LogP contribution in [0.25, 0.3) is 10.2 Å². The van der Waals surface area contributed by atoms with Crippen molar-refractivity contribution in [3.8, 4) is 0 Å². The van der Waals surface area contributed by atoms with Gasteiger partial charge in [0.25, 0.3) is 11.8 Å². The van der Waals surface area contributed by atoms with Crippen LogP contribution < -0.4 is 5.73 Å². The van der Waals surface area contributed by atoms with E-state index in [1.165, 1.54) is 22.7 Å². The fourth-order valence-electron chi connectivity index (χ4n) is 3.06. The van der Waals surface area contributed by atoms with Crippen molar-refractivity contribution in [3.05, 3.63) is 51.2 Å². The molecule has 1 saturated heterocycles. The first-order valence-corrected chi connectivity index (χ1v) is 9.33. The van der Waals surface area contributed by atoms with Crippen LogP contribution in [0.3, 0.4) is 0 Å². The van der Waals surface area contributed by atoms with Gasteiger partial charge in [0.2, 0.25) is 0 Å². The Morgan fingerprint density at radius 1 is 1.17 bits per heavy atom. The van der Waals surface area contributed by atoms with E-state index in [1.807, 2.05) is 35.2 Å². The number of hydrogen-bond acceptors (Lipinski definition) is 5. The summed E-state index contributed by atoms with van der Waals surface area (Å²) in [5.41, 5.74) is 6.19. The lowest BCUT2D eigenvalue weighted by Crippen LogP contribution is -2.30. The largest absolute Gasteiger partial charge is 0.365 e. The Hall–Kier alpha value is -2.25. The number of thiazole rings is 1. The molecular formula is C17H15N3O2S2. The molecule has 0 unspecified atom stereocenters. The first kappa shape index (κ1) is 15.3. The molecule has 2 N–H and O–H groups in total. The summed E-state index contributed by atoms with van der Waals surface area (Å²) in [6.45, 7) is 0.712. The zero-order valence-corrected chi connectivity index (χ0v) is 14.4. The van der Waals surface area contributed by atoms with Gasteiger partial charge in [-0.05, 0) is 37.1 Å². The molecule has 1 atom stereocenters. The van der Waals surface area contributed by atoms with Crippen molar-refractivity contribution in [2.45, 2.75) is 18.9 Å². The van der Waals surface area contributed by atoms with Crippen molar-refractivity contribution in [3.63, 3.8) is 0 Å². The molecule has 3 heterocycles. The van der Waals surface area contributed by atoms with E-state index in [1.54, 1.807) is 6.07 Å². The van der Waals surface area contributed by atoms with Gasteiger partial charge in [-0.1, -0.05) is 12.1 Å². The van der Waals surface area contributed by atoms with Crippen LogP contribution in [-0.2, 0) is 0 Å². The van der Waals surface area contributed by atoms with Gasteiger partial charge >= 0.3 is 0 Å². The number of thiophene rings is 1. The van der Waals surface area contributed by atoms with Crippen LogP contribution in [0.4, 0.5) is 0 Å². The van der Waals surface area contributed by atoms with Crippen molar-refractivity contribution in [2.75, 3.05) is 6.54 Å². The minimum atomic E-state index is -0.423. The summed E-state index contributed by atoms with van der Waals surface area (Å²) < 4.78 is 1.02. The highest BCUT2D eigenvalue weighted by Crippen LogP contribution is 2.37. The lowest BCUT2D eigenvalue weighted by molar-refractivity contribution is 0.0737. The standard InChI is InChI=1S/C17H15N3O2S2/c18-15(21)14-8-7-13(23-14)11-5-3-9-20(11)17(22)16-19-10-4-1-2-6-12(10)24-16/h1-2,4,6-8,11H,3,5,9H2,(H2,18,21)/t11-/m0/s1. The molecule has 4 rings (SSSR count). The SMILES string of the molecule is NC(=O)c1ccc([C@@H]2CCCN2C(=O)c2nc3ccccc3s2)s1. The maximum absolute atomic E-state index is 12.9. The molecule has 0 aliphatic carbocycles. The molecule has 1 aliphatic heterocycles. The first-order valence-electron chi connectivity index (χ1n) is 7.69. The van der Waals surface area contributed by atoms with Gasteiger partial charge in [0, 0.05) is 11.4 Å². The monoisotopic (exact) mass is 357 g/mol. The third kappa shape index (κ3) is 2.59. The number of benzene rings is 1. The fraction of sp³-hybridized carbons (Fsp3) is 0.235. The summed E-state index contributed by atoms with van der Waals surface area (Å²) in [6.07, 6.45) is 1.85. The van der Waals surface area contributed by atoms with E-state index in [9.17, 15) is 9.59 Å². The third-order valence-electron chi connectivity index (χ3n) is 4.19. The number of primary amides is 1. The van der Waals surface area contributed by atoms with Crippen LogP contribution in [0.2, 0.25) is 0 Å². The fourth-order valence-corrected chi connectivity index (χ4v) is 4.99. The molecule has 0 bridgehead atoms. The van der Waals surface area contributed by atoms with E-state index >= 15 is 0 Å². The highest BCUT2D eigenvalue weighted by Gasteiger charge is 2.33. The molecule has 2 aromatic heterocycles. The summed E-state index contributed by atoms with van der Waals surface area (Å²) in [7, 11) is 0. The number of aromatic nitrogens is 1. The van der Waals surface area contributed by atoms with Crippen molar-refractivity contribution in [1.82, 2.24) is 9.88 Å². The molecule has 24 heavy (non-hydrogen) atoms. The maximum Gasteiger partial charge on any atom is 0.283 e. The van der Waals surface area contributed by atoms with Crippen molar-refractivity contribution < 1.29 is 9.59 Å². The van der Waals surface area contributed by atoms with E-state index in [0.717, 1.165) is 27.9 Å². The number of fused-ring (bicyclic) bond motifs is 1. The zero-order chi connectivity index (χ0) is 16.7. The molecule has 122 valence electrons. The molecule has 1 aromatic carbocycles. The lowest BCUT2D eigenvalue weighted by Gasteiger charge is -2.22. The average molecular weight is 357 g/mol. The number of carbonyl (C=O) groups excluding carboxylic acids is 2. The van der Waals surface area contributed by atoms with E-state index in [0.29, 0.717) is 16.4 Å². The molecule has 5 nitrogen and oxygen atoms in total. The Morgan fingerprint density at radius 2 is 2.00 bits per heavy atom. The van der Waals surface area contributed by atoms with E-state index in [2.05, 4.69) is 4.98 Å². The highest BCUT2D eigenvalue weighted by atomic mass is 32.1. The zero-order valence-electron chi connectivity index (χ0n) is 12.8. The summed E-state index contributed by atoms with van der Waals surface area (Å²) in [5, 5.41) is 0.523. The molecule has 0 saturated carbocycles. The van der Waals surface area contributed by atoms with Crippen LogP contribution in [0.15, 0.2) is 36.4 Å². The molecule has 7 heteroatoms. The van der Waals surface area contributed by atoms with E-state index in [-0.39, 0.29) is 11.9 Å². The second-order valence-electron chi connectivity index (χ2n) is 5.71. The predicted octanol–water partition coefficient (Wildman–Crippen LogP) is 3.43. The van der Waals surface area contributed by atoms with Crippen molar-refractivity contribution >= 4 is 44.7 Å². The van der Waals surface area contributed by atoms with Crippen molar-refractivity contribution in [2.24, 2.45) is 5.73 Å². The molecular weight excluding hydrogens is 342 g/mol. The summed E-state index contributed by atoms with van der Waals surface area (Å²) in [5.74, 6) is -0.457. The summed E-state index contributed by atoms with van der Waals surface area (Å²) in [4.78, 5) is 32.1. The quantitative estimate of drug-likeness (QED) is 0.780. The van der Waals surface area contributed by atoms with Crippen LogP contribution in [0.1, 0.15) is 43.2 Å². The normalized spacial score (nSPS) is 17.5. The highest BCUT2D eigenvalue weighted by molar-refractivity contribution is 7.20. The average Bonchev–Trinajstić information content (AvgIpc) is 3.30. The number of hydrogen-bond donors (Lipinski definition) is 1. The number of nitrogens with zero attached hydrogens (tertiary/aromatic N) is 2. The Balaban J connectivity index is 1.63. The van der Waals surface area contributed by atoms with Crippen LogP contribution in [-0.4, -0.2) is 28.2 Å². The Labute approximate surface area is 146 Å². The minimum absolute atomic E-state index is 0.00242. The van der Waals surface area contributed by atoms with Crippen molar-refractivity contribution in [1.29, 1.82) is 0 Å². The smallest absolute Gasteiger partial charge is 0.283 e. The van der Waals surface area contributed by atoms with Gasteiger partial charge in [-0.25, -0.2) is 4.98 Å². The van der Waals surface area contributed by atoms with Gasteiger partial charge < -0.3 is 10.6 Å². The van der Waals surface area contributed by atoms with Gasteiger partial charge in [0.1, 0.15) is 0 Å². The lowest BCUT2D eigenvalue weighted by atomic mass is 10.2. The van der Waals surface area contributed by atoms with E-state index < -0.39 is 5.91 Å². The Morgan fingerprint density at radius 3 is 2.75 bits per heavy atom. The molecule has 1 fully saturated rings. The minimum Gasteiger partial charge on any atom is -0.365 e. The topological polar surface area (TPSA) is 76.3 Å². The van der Waals surface area contributed by atoms with Gasteiger partial charge in [0.15, 0.2) is 5.01 Å². The predicted molar refractivity (Wildman–Crippen MR) is 95.5 cm³/mol. The second kappa shape index (κ2) is 5.99. The number of rotatable bonds is 3. The first-order chi connectivity index (χ1) is 11.6. The number of amides is 2. The number of para-hydroxylation sites is 1. The number of carbonyl (C=O) groups is 2. The Bertz CT molecular complexity index is 898. The molecule has 2 amide bonds. The summed E-state index contributed by atoms with van der Waals surface area (Å²) in [6, 6.07) is 11.4. The summed E-state index contributed by atoms with van der Waals surface area (Å²) >= 11 is 2.80. The third-order valence-corrected chi connectivity index (χ3v) is 6.41. The van der Waals surface area contributed by atoms with Crippen LogP contribution >= 0.6 is 22.7 Å². The van der Waals surface area contributed by atoms with Crippen LogP contribution in [0.5, 0.6) is 0 Å². The van der Waals surface area contributed by atoms with Crippen LogP contribution in [0, 0.1) is 0 Å². The molecule has 3 aromatic rings. The number of likely N-dealkylation sites (tertiary alicyclic amines) is 1. The van der Waals surface area contributed by atoms with Gasteiger partial charge in [-0.15, -0.1) is 22.7 Å². The maximum atomic E-state index is 12.9. The second-order valence-corrected chi connectivity index (χ2v) is 7.86. The number of nitrogens with two attached hydrogens (primary N) is 1.